The van der Waals surface area contributed by atoms with Gasteiger partial charge in [-0.05, 0) is 68.1 Å². The highest BCUT2D eigenvalue weighted by Gasteiger charge is 2.22. The van der Waals surface area contributed by atoms with Crippen molar-refractivity contribution in [1.82, 2.24) is 5.32 Å². The molecule has 1 aliphatic heterocycles. The lowest BCUT2D eigenvalue weighted by molar-refractivity contribution is -0.120. The van der Waals surface area contributed by atoms with Crippen molar-refractivity contribution in [3.05, 3.63) is 59.1 Å². The summed E-state index contributed by atoms with van der Waals surface area (Å²) in [4.78, 5) is 15.0. The van der Waals surface area contributed by atoms with Gasteiger partial charge in [0.25, 0.3) is 0 Å². The van der Waals surface area contributed by atoms with Crippen molar-refractivity contribution >= 4 is 38.9 Å². The molecule has 8 heteroatoms. The van der Waals surface area contributed by atoms with Gasteiger partial charge in [0.2, 0.25) is 15.9 Å². The van der Waals surface area contributed by atoms with Crippen LogP contribution in [0.1, 0.15) is 37.8 Å². The molecule has 1 fully saturated rings. The molecule has 162 valence electrons. The molecule has 1 N–H and O–H groups in total. The number of nitrogens with one attached hydrogen (secondary N) is 1. The van der Waals surface area contributed by atoms with Gasteiger partial charge in [-0.1, -0.05) is 23.7 Å². The van der Waals surface area contributed by atoms with Crippen LogP contribution in [0.4, 0.5) is 11.4 Å². The quantitative estimate of drug-likeness (QED) is 0.694. The molecule has 1 amide bonds. The summed E-state index contributed by atoms with van der Waals surface area (Å²) in [6, 6.07) is 14.3. The smallest absolute Gasteiger partial charge is 0.241 e. The fourth-order valence-electron chi connectivity index (χ4n) is 3.63. The predicted molar refractivity (Wildman–Crippen MR) is 123 cm³/mol. The van der Waals surface area contributed by atoms with Crippen LogP contribution in [0, 0.1) is 0 Å². The Hall–Kier alpha value is -2.25. The van der Waals surface area contributed by atoms with Gasteiger partial charge in [-0.3, -0.25) is 9.10 Å². The Kier molecular flexibility index (Phi) is 7.26. The minimum atomic E-state index is -3.62. The molecule has 0 spiro atoms. The summed E-state index contributed by atoms with van der Waals surface area (Å²) < 4.78 is 25.5. The van der Waals surface area contributed by atoms with Crippen LogP contribution in [0.5, 0.6) is 0 Å². The minimum Gasteiger partial charge on any atom is -0.372 e. The van der Waals surface area contributed by atoms with Crippen LogP contribution < -0.4 is 14.5 Å². The van der Waals surface area contributed by atoms with Gasteiger partial charge in [0.15, 0.2) is 0 Å². The molecule has 30 heavy (non-hydrogen) atoms. The highest BCUT2D eigenvalue weighted by atomic mass is 35.5. The van der Waals surface area contributed by atoms with Crippen LogP contribution in [0.25, 0.3) is 0 Å². The molecule has 1 saturated heterocycles. The third-order valence-electron chi connectivity index (χ3n) is 5.29. The number of amides is 1. The summed E-state index contributed by atoms with van der Waals surface area (Å²) in [5.74, 6) is -0.372. The van der Waals surface area contributed by atoms with Crippen molar-refractivity contribution in [3.8, 4) is 0 Å². The maximum Gasteiger partial charge on any atom is 0.241 e. The number of carbonyl (C=O) groups excluding carboxylic acids is 1. The standard InChI is InChI=1S/C22H28ClN3O3S/c1-17(18-6-10-20(11-7-18)25-14-4-3-5-15-25)24-22(27)16-26(30(2,28)29)21-12-8-19(23)9-13-21/h6-13,17H,3-5,14-16H2,1-2H3,(H,24,27). The topological polar surface area (TPSA) is 69.7 Å². The Morgan fingerprint density at radius 3 is 2.23 bits per heavy atom. The fraction of sp³-hybridized carbons (Fsp3) is 0.409. The van der Waals surface area contributed by atoms with Gasteiger partial charge in [-0.15, -0.1) is 0 Å². The number of piperidine rings is 1. The Bertz CT molecular complexity index is 956. The zero-order valence-electron chi connectivity index (χ0n) is 17.3. The second-order valence-corrected chi connectivity index (χ2v) is 10.0. The summed E-state index contributed by atoms with van der Waals surface area (Å²) >= 11 is 5.88. The van der Waals surface area contributed by atoms with Crippen LogP contribution in [0.2, 0.25) is 5.02 Å². The van der Waals surface area contributed by atoms with Gasteiger partial charge in [-0.25, -0.2) is 8.42 Å². The molecule has 0 aromatic heterocycles. The van der Waals surface area contributed by atoms with E-state index in [2.05, 4.69) is 22.3 Å². The van der Waals surface area contributed by atoms with Crippen molar-refractivity contribution < 1.29 is 13.2 Å². The zero-order valence-corrected chi connectivity index (χ0v) is 18.9. The van der Waals surface area contributed by atoms with Gasteiger partial charge < -0.3 is 10.2 Å². The third-order valence-corrected chi connectivity index (χ3v) is 6.69. The molecular formula is C22H28ClN3O3S. The van der Waals surface area contributed by atoms with E-state index in [-0.39, 0.29) is 18.5 Å². The Morgan fingerprint density at radius 1 is 1.07 bits per heavy atom. The van der Waals surface area contributed by atoms with E-state index in [9.17, 15) is 13.2 Å². The molecule has 6 nitrogen and oxygen atoms in total. The highest BCUT2D eigenvalue weighted by molar-refractivity contribution is 7.92. The molecule has 0 aliphatic carbocycles. The predicted octanol–water partition coefficient (Wildman–Crippen LogP) is 3.97. The largest absolute Gasteiger partial charge is 0.372 e. The maximum atomic E-state index is 12.6. The van der Waals surface area contributed by atoms with E-state index in [1.54, 1.807) is 24.3 Å². The van der Waals surface area contributed by atoms with E-state index in [4.69, 9.17) is 11.6 Å². The molecule has 0 saturated carbocycles. The first-order chi connectivity index (χ1) is 14.2. The lowest BCUT2D eigenvalue weighted by atomic mass is 10.1. The van der Waals surface area contributed by atoms with Gasteiger partial charge in [0.05, 0.1) is 18.0 Å². The lowest BCUT2D eigenvalue weighted by Crippen LogP contribution is -2.41. The molecule has 1 heterocycles. The SMILES string of the molecule is CC(NC(=O)CN(c1ccc(Cl)cc1)S(C)(=O)=O)c1ccc(N2CCCCC2)cc1. The lowest BCUT2D eigenvalue weighted by Gasteiger charge is -2.29. The van der Waals surface area contributed by atoms with E-state index in [0.29, 0.717) is 10.7 Å². The molecule has 1 atom stereocenters. The number of anilines is 2. The Morgan fingerprint density at radius 2 is 1.67 bits per heavy atom. The number of benzene rings is 2. The number of hydrogen-bond acceptors (Lipinski definition) is 4. The monoisotopic (exact) mass is 449 g/mol. The molecule has 1 unspecified atom stereocenters. The first-order valence-corrected chi connectivity index (χ1v) is 12.3. The normalized spacial score (nSPS) is 15.5. The van der Waals surface area contributed by atoms with Gasteiger partial charge in [-0.2, -0.15) is 0 Å². The number of rotatable bonds is 7. The van der Waals surface area contributed by atoms with Crippen molar-refractivity contribution in [1.29, 1.82) is 0 Å². The van der Waals surface area contributed by atoms with Crippen LogP contribution in [-0.2, 0) is 14.8 Å². The van der Waals surface area contributed by atoms with Gasteiger partial charge in [0.1, 0.15) is 6.54 Å². The van der Waals surface area contributed by atoms with Gasteiger partial charge in [0, 0.05) is 23.8 Å². The highest BCUT2D eigenvalue weighted by Crippen LogP contribution is 2.23. The summed E-state index contributed by atoms with van der Waals surface area (Å²) in [6.45, 7) is 3.76. The molecule has 0 bridgehead atoms. The maximum absolute atomic E-state index is 12.6. The molecule has 1 aliphatic rings. The third kappa shape index (κ3) is 5.89. The molecule has 2 aromatic carbocycles. The van der Waals surface area contributed by atoms with E-state index in [1.807, 2.05) is 19.1 Å². The number of nitrogens with zero attached hydrogens (tertiary/aromatic N) is 2. The van der Waals surface area contributed by atoms with Crippen molar-refractivity contribution in [2.24, 2.45) is 0 Å². The van der Waals surface area contributed by atoms with Crippen LogP contribution in [-0.4, -0.2) is 40.2 Å². The summed E-state index contributed by atoms with van der Waals surface area (Å²) in [6.07, 6.45) is 4.81. The second-order valence-electron chi connectivity index (χ2n) is 7.67. The molecular weight excluding hydrogens is 422 g/mol. The average Bonchev–Trinajstić information content (AvgIpc) is 2.73. The molecule has 3 rings (SSSR count). The Balaban J connectivity index is 1.64. The first kappa shape index (κ1) is 22.4. The Labute approximate surface area is 183 Å². The van der Waals surface area contributed by atoms with Crippen LogP contribution >= 0.6 is 11.6 Å². The second kappa shape index (κ2) is 9.71. The summed E-state index contributed by atoms with van der Waals surface area (Å²) in [5.41, 5.74) is 2.57. The fourth-order valence-corrected chi connectivity index (χ4v) is 4.62. The molecule has 2 aromatic rings. The summed E-state index contributed by atoms with van der Waals surface area (Å²) in [7, 11) is -3.62. The van der Waals surface area contributed by atoms with Crippen LogP contribution in [0.15, 0.2) is 48.5 Å². The number of halogens is 1. The first-order valence-electron chi connectivity index (χ1n) is 10.1. The summed E-state index contributed by atoms with van der Waals surface area (Å²) in [5, 5.41) is 3.39. The van der Waals surface area contributed by atoms with Crippen molar-refractivity contribution in [3.63, 3.8) is 0 Å². The molecule has 0 radical (unpaired) electrons. The minimum absolute atomic E-state index is 0.237. The number of carbonyl (C=O) groups is 1. The van der Waals surface area contributed by atoms with E-state index >= 15 is 0 Å². The van der Waals surface area contributed by atoms with E-state index in [1.165, 1.54) is 24.9 Å². The van der Waals surface area contributed by atoms with E-state index in [0.717, 1.165) is 29.2 Å². The van der Waals surface area contributed by atoms with Crippen molar-refractivity contribution in [2.45, 2.75) is 32.2 Å². The number of sulfonamides is 1. The zero-order chi connectivity index (χ0) is 21.7. The average molecular weight is 450 g/mol. The number of hydrogen-bond donors (Lipinski definition) is 1. The van der Waals surface area contributed by atoms with Gasteiger partial charge >= 0.3 is 0 Å². The van der Waals surface area contributed by atoms with Crippen molar-refractivity contribution in [2.75, 3.05) is 35.1 Å². The van der Waals surface area contributed by atoms with E-state index < -0.39 is 10.0 Å². The van der Waals surface area contributed by atoms with Crippen LogP contribution in [0.3, 0.4) is 0 Å².